The Hall–Kier alpha value is -0.650. The lowest BCUT2D eigenvalue weighted by Gasteiger charge is -2.31. The number of hydrogen-bond donors (Lipinski definition) is 3. The van der Waals surface area contributed by atoms with Gasteiger partial charge in [0.1, 0.15) is 0 Å². The van der Waals surface area contributed by atoms with Crippen LogP contribution in [-0.4, -0.2) is 42.4 Å². The molecule has 0 aromatic rings. The number of carbonyl (C=O) groups excluding carboxylic acids is 1. The Morgan fingerprint density at radius 3 is 2.59 bits per heavy atom. The zero-order chi connectivity index (χ0) is 12.5. The fraction of sp³-hybridized carbons (Fsp3) is 0.917. The van der Waals surface area contributed by atoms with Crippen molar-refractivity contribution in [2.24, 2.45) is 11.1 Å². The van der Waals surface area contributed by atoms with Gasteiger partial charge < -0.3 is 20.9 Å². The van der Waals surface area contributed by atoms with Gasteiger partial charge in [-0.1, -0.05) is 0 Å². The first-order valence-electron chi connectivity index (χ1n) is 6.35. The Morgan fingerprint density at radius 1 is 1.41 bits per heavy atom. The van der Waals surface area contributed by atoms with Gasteiger partial charge in [-0.2, -0.15) is 0 Å². The van der Waals surface area contributed by atoms with Crippen molar-refractivity contribution < 1.29 is 14.6 Å². The van der Waals surface area contributed by atoms with Crippen LogP contribution in [0.2, 0.25) is 0 Å². The van der Waals surface area contributed by atoms with Crippen LogP contribution in [0.3, 0.4) is 0 Å². The number of nitrogens with one attached hydrogen (secondary N) is 1. The molecule has 98 valence electrons. The molecule has 0 spiro atoms. The van der Waals surface area contributed by atoms with Gasteiger partial charge in [0.25, 0.3) is 0 Å². The summed E-state index contributed by atoms with van der Waals surface area (Å²) in [5.74, 6) is -0.0103. The van der Waals surface area contributed by atoms with Crippen molar-refractivity contribution >= 4 is 5.91 Å². The molecule has 1 heterocycles. The van der Waals surface area contributed by atoms with E-state index in [2.05, 4.69) is 5.32 Å². The summed E-state index contributed by atoms with van der Waals surface area (Å²) >= 11 is 0. The topological polar surface area (TPSA) is 84.6 Å². The Balaban J connectivity index is 1.88. The molecule has 4 N–H and O–H groups in total. The first-order valence-corrected chi connectivity index (χ1v) is 6.35. The predicted molar refractivity (Wildman–Crippen MR) is 63.3 cm³/mol. The first-order chi connectivity index (χ1) is 8.02. The van der Waals surface area contributed by atoms with E-state index in [0.717, 1.165) is 25.7 Å². The summed E-state index contributed by atoms with van der Waals surface area (Å²) < 4.78 is 5.27. The van der Waals surface area contributed by atoms with Gasteiger partial charge in [0.2, 0.25) is 5.91 Å². The maximum Gasteiger partial charge on any atom is 0.230 e. The van der Waals surface area contributed by atoms with E-state index in [9.17, 15) is 9.90 Å². The van der Waals surface area contributed by atoms with E-state index in [1.54, 1.807) is 0 Å². The van der Waals surface area contributed by atoms with Crippen molar-refractivity contribution in [1.82, 2.24) is 5.32 Å². The van der Waals surface area contributed by atoms with Crippen LogP contribution in [-0.2, 0) is 9.53 Å². The Morgan fingerprint density at radius 2 is 2.06 bits per heavy atom. The molecule has 1 aliphatic heterocycles. The zero-order valence-corrected chi connectivity index (χ0v) is 10.3. The van der Waals surface area contributed by atoms with E-state index in [1.807, 2.05) is 6.92 Å². The maximum atomic E-state index is 12.2. The predicted octanol–water partition coefficient (Wildman–Crippen LogP) is -0.230. The summed E-state index contributed by atoms with van der Waals surface area (Å²) in [6, 6.07) is -0.0489. The lowest BCUT2D eigenvalue weighted by molar-refractivity contribution is -0.131. The second kappa shape index (κ2) is 4.92. The molecule has 0 aromatic heterocycles. The molecule has 5 nitrogen and oxygen atoms in total. The number of ether oxygens (including phenoxy) is 1. The van der Waals surface area contributed by atoms with Crippen LogP contribution in [0.25, 0.3) is 0 Å². The first kappa shape index (κ1) is 12.8. The smallest absolute Gasteiger partial charge is 0.230 e. The Labute approximate surface area is 102 Å². The van der Waals surface area contributed by atoms with Crippen LogP contribution < -0.4 is 11.1 Å². The van der Waals surface area contributed by atoms with Gasteiger partial charge in [-0.05, 0) is 32.6 Å². The summed E-state index contributed by atoms with van der Waals surface area (Å²) in [4.78, 5) is 12.2. The highest BCUT2D eigenvalue weighted by atomic mass is 16.5. The minimum absolute atomic E-state index is 0.0103. The molecule has 0 radical (unpaired) electrons. The van der Waals surface area contributed by atoms with Crippen LogP contribution in [0.1, 0.15) is 32.6 Å². The van der Waals surface area contributed by atoms with Crippen molar-refractivity contribution in [3.8, 4) is 0 Å². The van der Waals surface area contributed by atoms with Crippen molar-refractivity contribution in [3.05, 3.63) is 0 Å². The summed E-state index contributed by atoms with van der Waals surface area (Å²) in [6.45, 7) is 2.71. The normalized spacial score (nSPS) is 42.4. The highest BCUT2D eigenvalue weighted by molar-refractivity contribution is 5.83. The number of carbonyl (C=O) groups is 1. The quantitative estimate of drug-likeness (QED) is 0.624. The molecule has 1 saturated carbocycles. The van der Waals surface area contributed by atoms with Gasteiger partial charge in [0.05, 0.1) is 24.7 Å². The van der Waals surface area contributed by atoms with Crippen LogP contribution in [0, 0.1) is 5.41 Å². The van der Waals surface area contributed by atoms with E-state index in [1.165, 1.54) is 0 Å². The highest BCUT2D eigenvalue weighted by Crippen LogP contribution is 2.28. The summed E-state index contributed by atoms with van der Waals surface area (Å²) in [5, 5.41) is 12.5. The van der Waals surface area contributed by atoms with Gasteiger partial charge in [-0.3, -0.25) is 4.79 Å². The summed E-state index contributed by atoms with van der Waals surface area (Å²) in [6.07, 6.45) is 3.03. The molecule has 0 aromatic carbocycles. The van der Waals surface area contributed by atoms with E-state index in [-0.39, 0.29) is 24.1 Å². The average molecular weight is 242 g/mol. The number of nitrogens with two attached hydrogens (primary N) is 1. The second-order valence-corrected chi connectivity index (χ2v) is 5.52. The molecule has 1 aliphatic carbocycles. The van der Waals surface area contributed by atoms with Crippen LogP contribution >= 0.6 is 0 Å². The lowest BCUT2D eigenvalue weighted by Crippen LogP contribution is -2.53. The molecule has 2 fully saturated rings. The summed E-state index contributed by atoms with van der Waals surface area (Å²) in [5.41, 5.74) is 5.31. The molecule has 2 unspecified atom stereocenters. The van der Waals surface area contributed by atoms with Gasteiger partial charge in [0, 0.05) is 12.1 Å². The van der Waals surface area contributed by atoms with Gasteiger partial charge >= 0.3 is 0 Å². The maximum absolute atomic E-state index is 12.2. The van der Waals surface area contributed by atoms with Crippen LogP contribution in [0.4, 0.5) is 0 Å². The molecule has 0 bridgehead atoms. The van der Waals surface area contributed by atoms with E-state index < -0.39 is 5.41 Å². The Kier molecular flexibility index (Phi) is 3.70. The molecule has 1 saturated heterocycles. The minimum atomic E-state index is -0.601. The third-order valence-corrected chi connectivity index (χ3v) is 4.07. The van der Waals surface area contributed by atoms with Gasteiger partial charge in [0.15, 0.2) is 0 Å². The minimum Gasteiger partial charge on any atom is -0.393 e. The molecular weight excluding hydrogens is 220 g/mol. The number of aliphatic hydroxyl groups is 1. The zero-order valence-electron chi connectivity index (χ0n) is 10.3. The second-order valence-electron chi connectivity index (χ2n) is 5.52. The van der Waals surface area contributed by atoms with E-state index in [0.29, 0.717) is 13.2 Å². The number of aliphatic hydroxyl groups excluding tert-OH is 1. The number of rotatable bonds is 2. The van der Waals surface area contributed by atoms with E-state index >= 15 is 0 Å². The molecule has 5 heteroatoms. The number of hydrogen-bond acceptors (Lipinski definition) is 4. The SMILES string of the molecule is CC1(C(=O)NC2CCC(O)CC2)COCC1N. The monoisotopic (exact) mass is 242 g/mol. The third kappa shape index (κ3) is 2.61. The molecular formula is C12H22N2O3. The third-order valence-electron chi connectivity index (χ3n) is 4.07. The molecule has 2 atom stereocenters. The lowest BCUT2D eigenvalue weighted by atomic mass is 9.83. The van der Waals surface area contributed by atoms with Crippen molar-refractivity contribution in [1.29, 1.82) is 0 Å². The average Bonchev–Trinajstić information content (AvgIpc) is 2.64. The largest absolute Gasteiger partial charge is 0.393 e. The fourth-order valence-electron chi connectivity index (χ4n) is 2.49. The van der Waals surface area contributed by atoms with Crippen molar-refractivity contribution in [3.63, 3.8) is 0 Å². The van der Waals surface area contributed by atoms with Gasteiger partial charge in [-0.25, -0.2) is 0 Å². The molecule has 17 heavy (non-hydrogen) atoms. The molecule has 2 aliphatic rings. The number of amides is 1. The van der Waals surface area contributed by atoms with E-state index in [4.69, 9.17) is 10.5 Å². The van der Waals surface area contributed by atoms with Crippen LogP contribution in [0.15, 0.2) is 0 Å². The summed E-state index contributed by atoms with van der Waals surface area (Å²) in [7, 11) is 0. The van der Waals surface area contributed by atoms with Crippen molar-refractivity contribution in [2.45, 2.75) is 50.8 Å². The van der Waals surface area contributed by atoms with Crippen LogP contribution in [0.5, 0.6) is 0 Å². The standard InChI is InChI=1S/C12H22N2O3/c1-12(7-17-6-10(12)13)11(16)14-8-2-4-9(15)5-3-8/h8-10,15H,2-7,13H2,1H3,(H,14,16). The fourth-order valence-corrected chi connectivity index (χ4v) is 2.49. The van der Waals surface area contributed by atoms with Crippen molar-refractivity contribution in [2.75, 3.05) is 13.2 Å². The van der Waals surface area contributed by atoms with Gasteiger partial charge in [-0.15, -0.1) is 0 Å². The molecule has 2 rings (SSSR count). The Bertz CT molecular complexity index is 289. The highest BCUT2D eigenvalue weighted by Gasteiger charge is 2.44. The molecule has 1 amide bonds.